The summed E-state index contributed by atoms with van der Waals surface area (Å²) in [6, 6.07) is 5.64. The highest BCUT2D eigenvalue weighted by atomic mass is 35.5. The van der Waals surface area contributed by atoms with Gasteiger partial charge in [-0.1, -0.05) is 41.4 Å². The van der Waals surface area contributed by atoms with Gasteiger partial charge >= 0.3 is 5.97 Å². The molecule has 0 radical (unpaired) electrons. The van der Waals surface area contributed by atoms with Crippen LogP contribution in [0.25, 0.3) is 0 Å². The van der Waals surface area contributed by atoms with Gasteiger partial charge in [-0.3, -0.25) is 14.5 Å². The number of carboxylic acid groups (broad SMARTS) is 1. The number of hydrogen-bond donors (Lipinski definition) is 1. The van der Waals surface area contributed by atoms with E-state index in [-0.39, 0.29) is 17.7 Å². The highest BCUT2D eigenvalue weighted by Crippen LogP contribution is 2.48. The summed E-state index contributed by atoms with van der Waals surface area (Å²) < 4.78 is 0. The van der Waals surface area contributed by atoms with Gasteiger partial charge < -0.3 is 10.0 Å². The summed E-state index contributed by atoms with van der Waals surface area (Å²) in [5.74, 6) is -1.71. The van der Waals surface area contributed by atoms with Crippen LogP contribution in [0.2, 0.25) is 10.0 Å². The number of allylic oxidation sites excluding steroid dienone is 2. The minimum absolute atomic E-state index is 0.00781. The molecule has 1 aromatic carbocycles. The number of rotatable bonds is 4. The van der Waals surface area contributed by atoms with Gasteiger partial charge in [0.05, 0.1) is 21.9 Å². The van der Waals surface area contributed by atoms with Crippen LogP contribution in [0.15, 0.2) is 30.4 Å². The topological polar surface area (TPSA) is 60.9 Å². The second kappa shape index (κ2) is 7.46. The van der Waals surface area contributed by atoms with Crippen LogP contribution in [0.1, 0.15) is 12.0 Å². The Morgan fingerprint density at radius 3 is 2.30 bits per heavy atom. The average molecular weight is 409 g/mol. The molecule has 7 heteroatoms. The number of hydrogen-bond acceptors (Lipinski definition) is 3. The van der Waals surface area contributed by atoms with E-state index < -0.39 is 17.8 Å². The van der Waals surface area contributed by atoms with Gasteiger partial charge in [-0.05, 0) is 36.0 Å². The molecule has 27 heavy (non-hydrogen) atoms. The van der Waals surface area contributed by atoms with E-state index in [0.29, 0.717) is 23.1 Å². The van der Waals surface area contributed by atoms with E-state index in [1.807, 2.05) is 29.2 Å². The standard InChI is InChI=1S/C20H22Cl2N2O3/c21-15-4-1-12(9-16(15)22)11-23-5-7-24(8-6-23)19(25)17-13-2-3-14(10-13)18(17)20(26)27/h1-4,9,13-14,17-18H,5-8,10-11H2,(H,26,27). The first kappa shape index (κ1) is 18.8. The molecular weight excluding hydrogens is 387 g/mol. The molecule has 0 aromatic heterocycles. The number of amides is 1. The van der Waals surface area contributed by atoms with Gasteiger partial charge in [0.15, 0.2) is 0 Å². The predicted molar refractivity (Wildman–Crippen MR) is 104 cm³/mol. The quantitative estimate of drug-likeness (QED) is 0.777. The van der Waals surface area contributed by atoms with Crippen molar-refractivity contribution in [1.82, 2.24) is 9.80 Å². The number of nitrogens with zero attached hydrogens (tertiary/aromatic N) is 2. The largest absolute Gasteiger partial charge is 0.481 e. The molecule has 1 heterocycles. The predicted octanol–water partition coefficient (Wildman–Crippen LogP) is 3.16. The number of carbonyl (C=O) groups is 2. The molecule has 1 N–H and O–H groups in total. The van der Waals surface area contributed by atoms with Crippen molar-refractivity contribution >= 4 is 35.1 Å². The minimum Gasteiger partial charge on any atom is -0.481 e. The number of piperazine rings is 1. The molecule has 4 atom stereocenters. The zero-order valence-corrected chi connectivity index (χ0v) is 16.4. The Balaban J connectivity index is 1.36. The van der Waals surface area contributed by atoms with Crippen LogP contribution in [0.4, 0.5) is 0 Å². The lowest BCUT2D eigenvalue weighted by molar-refractivity contribution is -0.151. The van der Waals surface area contributed by atoms with Crippen molar-refractivity contribution in [2.24, 2.45) is 23.7 Å². The maximum absolute atomic E-state index is 13.0. The summed E-state index contributed by atoms with van der Waals surface area (Å²) in [5.41, 5.74) is 1.09. The molecule has 1 amide bonds. The molecule has 2 bridgehead atoms. The lowest BCUT2D eigenvalue weighted by Crippen LogP contribution is -2.52. The molecule has 4 unspecified atom stereocenters. The van der Waals surface area contributed by atoms with Crippen LogP contribution in [0.3, 0.4) is 0 Å². The zero-order valence-electron chi connectivity index (χ0n) is 14.9. The lowest BCUT2D eigenvalue weighted by atomic mass is 9.82. The number of aliphatic carboxylic acids is 1. The number of carbonyl (C=O) groups excluding carboxylic acids is 1. The third-order valence-corrected chi connectivity index (χ3v) is 6.84. The lowest BCUT2D eigenvalue weighted by Gasteiger charge is -2.37. The molecule has 5 nitrogen and oxygen atoms in total. The fraction of sp³-hybridized carbons (Fsp3) is 0.500. The molecule has 3 aliphatic rings. The molecular formula is C20H22Cl2N2O3. The highest BCUT2D eigenvalue weighted by molar-refractivity contribution is 6.42. The molecule has 0 spiro atoms. The molecule has 1 saturated heterocycles. The van der Waals surface area contributed by atoms with Crippen molar-refractivity contribution < 1.29 is 14.7 Å². The maximum atomic E-state index is 13.0. The van der Waals surface area contributed by atoms with Crippen molar-refractivity contribution in [1.29, 1.82) is 0 Å². The van der Waals surface area contributed by atoms with Gasteiger partial charge in [0.1, 0.15) is 0 Å². The van der Waals surface area contributed by atoms with E-state index in [4.69, 9.17) is 23.2 Å². The number of fused-ring (bicyclic) bond motifs is 2. The Bertz CT molecular complexity index is 789. The van der Waals surface area contributed by atoms with Gasteiger partial charge in [-0.25, -0.2) is 0 Å². The highest BCUT2D eigenvalue weighted by Gasteiger charge is 2.52. The second-order valence-corrected chi connectivity index (χ2v) is 8.50. The van der Waals surface area contributed by atoms with E-state index in [2.05, 4.69) is 4.90 Å². The first-order valence-corrected chi connectivity index (χ1v) is 10.1. The van der Waals surface area contributed by atoms with Crippen molar-refractivity contribution in [2.45, 2.75) is 13.0 Å². The molecule has 2 aliphatic carbocycles. The normalized spacial score (nSPS) is 30.1. The molecule has 2 fully saturated rings. The fourth-order valence-corrected chi connectivity index (χ4v) is 5.05. The summed E-state index contributed by atoms with van der Waals surface area (Å²) in [7, 11) is 0. The van der Waals surface area contributed by atoms with Crippen LogP contribution in [0.5, 0.6) is 0 Å². The van der Waals surface area contributed by atoms with Gasteiger partial charge in [-0.15, -0.1) is 0 Å². The van der Waals surface area contributed by atoms with Crippen molar-refractivity contribution in [3.05, 3.63) is 46.0 Å². The first-order chi connectivity index (χ1) is 12.9. The monoisotopic (exact) mass is 408 g/mol. The van der Waals surface area contributed by atoms with Crippen LogP contribution >= 0.6 is 23.2 Å². The SMILES string of the molecule is O=C(O)C1C2C=CC(C2)C1C(=O)N1CCN(Cc2ccc(Cl)c(Cl)c2)CC1. The number of halogens is 2. The van der Waals surface area contributed by atoms with E-state index in [1.54, 1.807) is 6.07 Å². The van der Waals surface area contributed by atoms with E-state index in [1.165, 1.54) is 0 Å². The molecule has 144 valence electrons. The van der Waals surface area contributed by atoms with E-state index in [9.17, 15) is 14.7 Å². The van der Waals surface area contributed by atoms with Crippen LogP contribution in [-0.2, 0) is 16.1 Å². The number of benzene rings is 1. The van der Waals surface area contributed by atoms with E-state index in [0.717, 1.165) is 31.6 Å². The van der Waals surface area contributed by atoms with E-state index >= 15 is 0 Å². The van der Waals surface area contributed by atoms with Crippen LogP contribution < -0.4 is 0 Å². The van der Waals surface area contributed by atoms with Gasteiger partial charge in [0, 0.05) is 32.7 Å². The molecule has 1 aliphatic heterocycles. The summed E-state index contributed by atoms with van der Waals surface area (Å²) in [5, 5.41) is 10.7. The van der Waals surface area contributed by atoms with Crippen molar-refractivity contribution in [2.75, 3.05) is 26.2 Å². The molecule has 1 aromatic rings. The third kappa shape index (κ3) is 3.60. The number of carboxylic acids is 1. The van der Waals surface area contributed by atoms with Crippen molar-refractivity contribution in [3.63, 3.8) is 0 Å². The Hall–Kier alpha value is -1.56. The van der Waals surface area contributed by atoms with Gasteiger partial charge in [-0.2, -0.15) is 0 Å². The van der Waals surface area contributed by atoms with Gasteiger partial charge in [0.25, 0.3) is 0 Å². The molecule has 1 saturated carbocycles. The van der Waals surface area contributed by atoms with Crippen LogP contribution in [-0.4, -0.2) is 53.0 Å². The maximum Gasteiger partial charge on any atom is 0.307 e. The Labute approximate surface area is 168 Å². The summed E-state index contributed by atoms with van der Waals surface area (Å²) >= 11 is 12.0. The summed E-state index contributed by atoms with van der Waals surface area (Å²) in [6.07, 6.45) is 4.81. The average Bonchev–Trinajstić information content (AvgIpc) is 3.26. The van der Waals surface area contributed by atoms with Gasteiger partial charge in [0.2, 0.25) is 5.91 Å². The third-order valence-electron chi connectivity index (χ3n) is 6.10. The van der Waals surface area contributed by atoms with Crippen LogP contribution in [0, 0.1) is 23.7 Å². The summed E-state index contributed by atoms with van der Waals surface area (Å²) in [6.45, 7) is 3.54. The second-order valence-electron chi connectivity index (χ2n) is 7.69. The Kier molecular flexibility index (Phi) is 5.19. The smallest absolute Gasteiger partial charge is 0.307 e. The zero-order chi connectivity index (χ0) is 19.1. The summed E-state index contributed by atoms with van der Waals surface area (Å²) in [4.78, 5) is 28.8. The molecule has 4 rings (SSSR count). The Morgan fingerprint density at radius 2 is 1.67 bits per heavy atom. The first-order valence-electron chi connectivity index (χ1n) is 9.30. The Morgan fingerprint density at radius 1 is 1.00 bits per heavy atom. The van der Waals surface area contributed by atoms with Crippen molar-refractivity contribution in [3.8, 4) is 0 Å². The fourth-order valence-electron chi connectivity index (χ4n) is 4.73. The minimum atomic E-state index is -0.844.